The lowest BCUT2D eigenvalue weighted by atomic mass is 10.0. The Kier molecular flexibility index (Phi) is 6.06. The highest BCUT2D eigenvalue weighted by molar-refractivity contribution is 5.95. The largest absolute Gasteiger partial charge is 0.493 e. The van der Waals surface area contributed by atoms with Gasteiger partial charge in [-0.25, -0.2) is 4.79 Å². The number of nitrogens with one attached hydrogen (secondary N) is 2. The summed E-state index contributed by atoms with van der Waals surface area (Å²) < 4.78 is 16.0. The van der Waals surface area contributed by atoms with Crippen LogP contribution in [0, 0.1) is 6.92 Å². The number of amides is 2. The molecule has 0 spiro atoms. The van der Waals surface area contributed by atoms with Crippen molar-refractivity contribution >= 4 is 34.2 Å². The quantitative estimate of drug-likeness (QED) is 0.604. The Labute approximate surface area is 172 Å². The smallest absolute Gasteiger partial charge is 0.340 e. The van der Waals surface area contributed by atoms with Crippen molar-refractivity contribution in [3.63, 3.8) is 0 Å². The zero-order valence-electron chi connectivity index (χ0n) is 17.1. The van der Waals surface area contributed by atoms with Crippen LogP contribution in [0.5, 0.6) is 11.5 Å². The first-order chi connectivity index (χ1) is 14.3. The van der Waals surface area contributed by atoms with Gasteiger partial charge in [0.1, 0.15) is 0 Å². The maximum Gasteiger partial charge on any atom is 0.340 e. The van der Waals surface area contributed by atoms with Gasteiger partial charge in [-0.3, -0.25) is 9.59 Å². The van der Waals surface area contributed by atoms with Gasteiger partial charge >= 0.3 is 5.63 Å². The van der Waals surface area contributed by atoms with Crippen LogP contribution in [0.25, 0.3) is 11.0 Å². The summed E-state index contributed by atoms with van der Waals surface area (Å²) in [5.41, 5.74) is 1.74. The molecule has 0 aliphatic rings. The van der Waals surface area contributed by atoms with Gasteiger partial charge in [0, 0.05) is 23.7 Å². The lowest BCUT2D eigenvalue weighted by molar-refractivity contribution is -0.116. The summed E-state index contributed by atoms with van der Waals surface area (Å²) in [5, 5.41) is 6.05. The fourth-order valence-electron chi connectivity index (χ4n) is 3.18. The van der Waals surface area contributed by atoms with Crippen molar-refractivity contribution < 1.29 is 23.5 Å². The van der Waals surface area contributed by atoms with E-state index in [2.05, 4.69) is 10.6 Å². The molecule has 0 bridgehead atoms. The van der Waals surface area contributed by atoms with Gasteiger partial charge < -0.3 is 24.5 Å². The second-order valence-corrected chi connectivity index (χ2v) is 6.65. The van der Waals surface area contributed by atoms with Crippen molar-refractivity contribution in [2.45, 2.75) is 20.3 Å². The van der Waals surface area contributed by atoms with Crippen LogP contribution in [0.1, 0.15) is 18.1 Å². The van der Waals surface area contributed by atoms with E-state index in [9.17, 15) is 14.4 Å². The Morgan fingerprint density at radius 2 is 1.60 bits per heavy atom. The number of ether oxygens (including phenoxy) is 2. The standard InChI is InChI=1S/C22H22N2O6/c1-12-16-9-10-18(28-3)21(29-4)20(16)30-22(27)17(12)11-19(26)24-15-7-5-14(6-8-15)23-13(2)25/h5-10H,11H2,1-4H3,(H,23,25)(H,24,26). The van der Waals surface area contributed by atoms with E-state index in [1.807, 2.05) is 0 Å². The molecule has 2 N–H and O–H groups in total. The lowest BCUT2D eigenvalue weighted by Gasteiger charge is -2.13. The Morgan fingerprint density at radius 1 is 0.967 bits per heavy atom. The third-order valence-corrected chi connectivity index (χ3v) is 4.62. The molecule has 0 saturated carbocycles. The Hall–Kier alpha value is -3.81. The second kappa shape index (κ2) is 8.69. The topological polar surface area (TPSA) is 107 Å². The fraction of sp³-hybridized carbons (Fsp3) is 0.227. The molecule has 1 aromatic heterocycles. The van der Waals surface area contributed by atoms with Crippen LogP contribution in [-0.2, 0) is 16.0 Å². The highest BCUT2D eigenvalue weighted by Gasteiger charge is 2.19. The molecule has 0 aliphatic heterocycles. The molecule has 30 heavy (non-hydrogen) atoms. The summed E-state index contributed by atoms with van der Waals surface area (Å²) in [6.07, 6.45) is -0.147. The molecule has 0 aliphatic carbocycles. The molecule has 0 saturated heterocycles. The van der Waals surface area contributed by atoms with Crippen LogP contribution in [0.2, 0.25) is 0 Å². The van der Waals surface area contributed by atoms with E-state index in [-0.39, 0.29) is 29.4 Å². The van der Waals surface area contributed by atoms with Gasteiger partial charge in [0.15, 0.2) is 11.3 Å². The molecule has 3 aromatic rings. The minimum Gasteiger partial charge on any atom is -0.493 e. The van der Waals surface area contributed by atoms with Crippen LogP contribution in [0.3, 0.4) is 0 Å². The number of anilines is 2. The second-order valence-electron chi connectivity index (χ2n) is 6.65. The minimum atomic E-state index is -0.609. The van der Waals surface area contributed by atoms with Crippen molar-refractivity contribution in [1.82, 2.24) is 0 Å². The zero-order chi connectivity index (χ0) is 21.8. The van der Waals surface area contributed by atoms with Gasteiger partial charge in [0.25, 0.3) is 0 Å². The van der Waals surface area contributed by atoms with Crippen LogP contribution in [0.4, 0.5) is 11.4 Å². The van der Waals surface area contributed by atoms with E-state index < -0.39 is 5.63 Å². The number of fused-ring (bicyclic) bond motifs is 1. The summed E-state index contributed by atoms with van der Waals surface area (Å²) in [6, 6.07) is 10.1. The number of rotatable bonds is 6. The molecule has 156 valence electrons. The van der Waals surface area contributed by atoms with Crippen molar-refractivity contribution in [3.8, 4) is 11.5 Å². The highest BCUT2D eigenvalue weighted by atomic mass is 16.5. The van der Waals surface area contributed by atoms with E-state index in [4.69, 9.17) is 13.9 Å². The van der Waals surface area contributed by atoms with E-state index in [0.717, 1.165) is 0 Å². The first-order valence-corrected chi connectivity index (χ1v) is 9.18. The summed E-state index contributed by atoms with van der Waals surface area (Å²) in [6.45, 7) is 3.18. The lowest BCUT2D eigenvalue weighted by Crippen LogP contribution is -2.20. The van der Waals surface area contributed by atoms with Gasteiger partial charge in [0.2, 0.25) is 17.6 Å². The monoisotopic (exact) mass is 410 g/mol. The minimum absolute atomic E-state index is 0.147. The van der Waals surface area contributed by atoms with Crippen molar-refractivity contribution in [1.29, 1.82) is 0 Å². The van der Waals surface area contributed by atoms with E-state index in [1.54, 1.807) is 43.3 Å². The van der Waals surface area contributed by atoms with Crippen molar-refractivity contribution in [3.05, 3.63) is 57.9 Å². The number of hydrogen-bond donors (Lipinski definition) is 2. The molecule has 0 atom stereocenters. The molecule has 2 aromatic carbocycles. The van der Waals surface area contributed by atoms with Gasteiger partial charge in [-0.05, 0) is 48.9 Å². The highest BCUT2D eigenvalue weighted by Crippen LogP contribution is 2.36. The maximum atomic E-state index is 12.6. The molecule has 1 heterocycles. The van der Waals surface area contributed by atoms with E-state index in [1.165, 1.54) is 21.1 Å². The summed E-state index contributed by atoms with van der Waals surface area (Å²) in [5.74, 6) is 0.225. The number of methoxy groups -OCH3 is 2. The van der Waals surface area contributed by atoms with Crippen LogP contribution in [0.15, 0.2) is 45.6 Å². The predicted octanol–water partition coefficient (Wildman–Crippen LogP) is 3.26. The maximum absolute atomic E-state index is 12.6. The number of benzene rings is 2. The van der Waals surface area contributed by atoms with Gasteiger partial charge in [0.05, 0.1) is 26.2 Å². The summed E-state index contributed by atoms with van der Waals surface area (Å²) >= 11 is 0. The third-order valence-electron chi connectivity index (χ3n) is 4.62. The van der Waals surface area contributed by atoms with Crippen LogP contribution < -0.4 is 25.7 Å². The average molecular weight is 410 g/mol. The molecule has 8 heteroatoms. The molecule has 0 unspecified atom stereocenters. The zero-order valence-corrected chi connectivity index (χ0v) is 17.1. The summed E-state index contributed by atoms with van der Waals surface area (Å²) in [4.78, 5) is 36.2. The van der Waals surface area contributed by atoms with Crippen LogP contribution in [-0.4, -0.2) is 26.0 Å². The SMILES string of the molecule is COc1ccc2c(C)c(CC(=O)Nc3ccc(NC(C)=O)cc3)c(=O)oc2c1OC. The molecule has 0 radical (unpaired) electrons. The molecular formula is C22H22N2O6. The third kappa shape index (κ3) is 4.27. The first-order valence-electron chi connectivity index (χ1n) is 9.18. The number of aryl methyl sites for hydroxylation is 1. The number of carbonyl (C=O) groups excluding carboxylic acids is 2. The van der Waals surface area contributed by atoms with Crippen LogP contribution >= 0.6 is 0 Å². The molecular weight excluding hydrogens is 388 g/mol. The van der Waals surface area contributed by atoms with Gasteiger partial charge in [-0.15, -0.1) is 0 Å². The fourth-order valence-corrected chi connectivity index (χ4v) is 3.18. The molecule has 8 nitrogen and oxygen atoms in total. The average Bonchev–Trinajstić information content (AvgIpc) is 2.71. The number of hydrogen-bond acceptors (Lipinski definition) is 6. The molecule has 0 fully saturated rings. The Morgan fingerprint density at radius 3 is 2.17 bits per heavy atom. The Bertz CT molecular complexity index is 1160. The van der Waals surface area contributed by atoms with Gasteiger partial charge in [-0.1, -0.05) is 0 Å². The molecule has 2 amide bonds. The predicted molar refractivity (Wildman–Crippen MR) is 113 cm³/mol. The van der Waals surface area contributed by atoms with E-state index in [0.29, 0.717) is 33.8 Å². The normalized spacial score (nSPS) is 10.5. The van der Waals surface area contributed by atoms with E-state index >= 15 is 0 Å². The summed E-state index contributed by atoms with van der Waals surface area (Å²) in [7, 11) is 2.96. The first kappa shape index (κ1) is 20.9. The van der Waals surface area contributed by atoms with Gasteiger partial charge in [-0.2, -0.15) is 0 Å². The number of carbonyl (C=O) groups is 2. The molecule has 3 rings (SSSR count). The Balaban J connectivity index is 1.85. The van der Waals surface area contributed by atoms with Crippen molar-refractivity contribution in [2.75, 3.05) is 24.9 Å². The van der Waals surface area contributed by atoms with Crippen molar-refractivity contribution in [2.24, 2.45) is 0 Å².